The summed E-state index contributed by atoms with van der Waals surface area (Å²) in [6.45, 7) is 6.99. The lowest BCUT2D eigenvalue weighted by Crippen LogP contribution is -2.39. The Balaban J connectivity index is 1.89. The van der Waals surface area contributed by atoms with Crippen LogP contribution in [0, 0.1) is 6.92 Å². The summed E-state index contributed by atoms with van der Waals surface area (Å²) < 4.78 is 17.8. The fraction of sp³-hybridized carbons (Fsp3) is 0.259. The second kappa shape index (κ2) is 10.3. The zero-order valence-corrected chi connectivity index (χ0v) is 21.5. The average Bonchev–Trinajstić information content (AvgIpc) is 3.13. The molecule has 0 saturated heterocycles. The van der Waals surface area contributed by atoms with Crippen LogP contribution in [0.15, 0.2) is 63.5 Å². The van der Waals surface area contributed by atoms with E-state index in [1.165, 1.54) is 25.4 Å². The molecule has 0 spiro atoms. The van der Waals surface area contributed by atoms with E-state index in [1.54, 1.807) is 42.7 Å². The van der Waals surface area contributed by atoms with Crippen molar-refractivity contribution < 1.29 is 23.8 Å². The van der Waals surface area contributed by atoms with Gasteiger partial charge in [-0.1, -0.05) is 47.2 Å². The minimum atomic E-state index is -0.663. The van der Waals surface area contributed by atoms with Crippen molar-refractivity contribution in [3.8, 4) is 11.5 Å². The van der Waals surface area contributed by atoms with Crippen molar-refractivity contribution in [3.05, 3.63) is 90.1 Å². The predicted octanol–water partition coefficient (Wildman–Crippen LogP) is 3.04. The fourth-order valence-corrected chi connectivity index (χ4v) is 5.07. The molecule has 1 aliphatic rings. The van der Waals surface area contributed by atoms with Gasteiger partial charge in [0.25, 0.3) is 5.56 Å². The third kappa shape index (κ3) is 4.87. The Morgan fingerprint density at radius 3 is 2.47 bits per heavy atom. The number of methoxy groups -OCH3 is 1. The summed E-state index contributed by atoms with van der Waals surface area (Å²) in [7, 11) is 1.47. The molecule has 4 rings (SSSR count). The molecule has 36 heavy (non-hydrogen) atoms. The van der Waals surface area contributed by atoms with Gasteiger partial charge in [0, 0.05) is 6.92 Å². The first-order valence-corrected chi connectivity index (χ1v) is 12.2. The molecular formula is C27H26N2O6S. The number of esters is 2. The first kappa shape index (κ1) is 25.1. The Bertz CT molecular complexity index is 1550. The number of aryl methyl sites for hydroxylation is 1. The van der Waals surface area contributed by atoms with Crippen molar-refractivity contribution in [1.29, 1.82) is 0 Å². The maximum Gasteiger partial charge on any atom is 0.338 e. The van der Waals surface area contributed by atoms with Gasteiger partial charge in [0.05, 0.1) is 35.6 Å². The van der Waals surface area contributed by atoms with Crippen LogP contribution >= 0.6 is 11.3 Å². The third-order valence-electron chi connectivity index (χ3n) is 5.65. The first-order chi connectivity index (χ1) is 17.2. The highest BCUT2D eigenvalue weighted by molar-refractivity contribution is 7.07. The third-order valence-corrected chi connectivity index (χ3v) is 6.63. The lowest BCUT2D eigenvalue weighted by molar-refractivity contribution is -0.139. The zero-order chi connectivity index (χ0) is 26.0. The molecule has 9 heteroatoms. The van der Waals surface area contributed by atoms with Gasteiger partial charge in [-0.3, -0.25) is 14.2 Å². The Labute approximate surface area is 211 Å². The van der Waals surface area contributed by atoms with Crippen molar-refractivity contribution in [1.82, 2.24) is 4.57 Å². The monoisotopic (exact) mass is 506 g/mol. The first-order valence-electron chi connectivity index (χ1n) is 11.4. The van der Waals surface area contributed by atoms with Gasteiger partial charge in [-0.2, -0.15) is 0 Å². The van der Waals surface area contributed by atoms with E-state index in [0.29, 0.717) is 31.9 Å². The molecule has 0 fully saturated rings. The zero-order valence-electron chi connectivity index (χ0n) is 20.7. The second-order valence-electron chi connectivity index (χ2n) is 8.22. The van der Waals surface area contributed by atoms with Crippen molar-refractivity contribution in [2.45, 2.75) is 33.7 Å². The van der Waals surface area contributed by atoms with E-state index < -0.39 is 18.0 Å². The van der Waals surface area contributed by atoms with Crippen LogP contribution < -0.4 is 24.4 Å². The summed E-state index contributed by atoms with van der Waals surface area (Å²) in [6, 6.07) is 12.1. The van der Waals surface area contributed by atoms with E-state index in [4.69, 9.17) is 14.2 Å². The Morgan fingerprint density at radius 1 is 1.11 bits per heavy atom. The smallest absolute Gasteiger partial charge is 0.338 e. The number of allylic oxidation sites excluding steroid dienone is 1. The standard InChI is InChI=1S/C27H26N2O6S/c1-6-34-26(32)23-16(3)28-27-29(24(23)19-10-7-15(2)8-11-19)25(31)22(36-27)14-18-9-12-20(35-17(4)30)21(13-18)33-5/h7-14,24H,6H2,1-5H3/b22-14-/t24-/m1/s1. The van der Waals surface area contributed by atoms with Crippen LogP contribution in [0.3, 0.4) is 0 Å². The summed E-state index contributed by atoms with van der Waals surface area (Å²) in [4.78, 5) is 43.0. The number of thiazole rings is 1. The fourth-order valence-electron chi connectivity index (χ4n) is 4.02. The maximum absolute atomic E-state index is 13.7. The topological polar surface area (TPSA) is 96.2 Å². The van der Waals surface area contributed by atoms with Crippen LogP contribution in [0.2, 0.25) is 0 Å². The number of fused-ring (bicyclic) bond motifs is 1. The molecule has 0 unspecified atom stereocenters. The van der Waals surface area contributed by atoms with Gasteiger partial charge in [-0.25, -0.2) is 9.79 Å². The number of hydrogen-bond acceptors (Lipinski definition) is 8. The van der Waals surface area contributed by atoms with Crippen LogP contribution in [0.5, 0.6) is 11.5 Å². The number of aromatic nitrogens is 1. The lowest BCUT2D eigenvalue weighted by Gasteiger charge is -2.24. The van der Waals surface area contributed by atoms with E-state index in [0.717, 1.165) is 11.1 Å². The second-order valence-corrected chi connectivity index (χ2v) is 9.23. The number of ether oxygens (including phenoxy) is 3. The molecule has 8 nitrogen and oxygen atoms in total. The number of rotatable bonds is 6. The minimum Gasteiger partial charge on any atom is -0.493 e. The van der Waals surface area contributed by atoms with Crippen molar-refractivity contribution in [2.75, 3.05) is 13.7 Å². The molecule has 2 aromatic carbocycles. The highest BCUT2D eigenvalue weighted by atomic mass is 32.1. The van der Waals surface area contributed by atoms with Crippen LogP contribution in [-0.2, 0) is 14.3 Å². The van der Waals surface area contributed by atoms with Crippen LogP contribution in [0.1, 0.15) is 43.5 Å². The Hall–Kier alpha value is -3.98. The molecule has 1 aromatic heterocycles. The Morgan fingerprint density at radius 2 is 1.83 bits per heavy atom. The number of benzene rings is 2. The van der Waals surface area contributed by atoms with Gasteiger partial charge in [0.15, 0.2) is 16.3 Å². The highest BCUT2D eigenvalue weighted by Crippen LogP contribution is 2.31. The van der Waals surface area contributed by atoms with Crippen LogP contribution in [0.4, 0.5) is 0 Å². The van der Waals surface area contributed by atoms with Gasteiger partial charge < -0.3 is 14.2 Å². The molecule has 0 radical (unpaired) electrons. The van der Waals surface area contributed by atoms with Crippen LogP contribution in [0.25, 0.3) is 6.08 Å². The van der Waals surface area contributed by atoms with E-state index >= 15 is 0 Å². The molecule has 2 heterocycles. The van der Waals surface area contributed by atoms with Crippen molar-refractivity contribution in [3.63, 3.8) is 0 Å². The molecule has 0 aliphatic carbocycles. The minimum absolute atomic E-state index is 0.214. The molecule has 0 N–H and O–H groups in total. The number of carbonyl (C=O) groups excluding carboxylic acids is 2. The summed E-state index contributed by atoms with van der Waals surface area (Å²) >= 11 is 1.23. The van der Waals surface area contributed by atoms with Crippen molar-refractivity contribution >= 4 is 29.4 Å². The molecule has 3 aromatic rings. The molecule has 1 aliphatic heterocycles. The largest absolute Gasteiger partial charge is 0.493 e. The molecule has 1 atom stereocenters. The maximum atomic E-state index is 13.7. The van der Waals surface area contributed by atoms with Crippen LogP contribution in [-0.4, -0.2) is 30.2 Å². The van der Waals surface area contributed by atoms with Gasteiger partial charge >= 0.3 is 11.9 Å². The summed E-state index contributed by atoms with van der Waals surface area (Å²) in [5.74, 6) is -0.301. The van der Waals surface area contributed by atoms with E-state index in [2.05, 4.69) is 4.99 Å². The number of nitrogens with zero attached hydrogens (tertiary/aromatic N) is 2. The van der Waals surface area contributed by atoms with E-state index in [-0.39, 0.29) is 17.9 Å². The molecule has 186 valence electrons. The predicted molar refractivity (Wildman–Crippen MR) is 136 cm³/mol. The Kier molecular flexibility index (Phi) is 7.21. The number of hydrogen-bond donors (Lipinski definition) is 0. The SMILES string of the molecule is CCOC(=O)C1=C(C)N=c2s/c(=C\c3ccc(OC(C)=O)c(OC)c3)c(=O)n2[C@@H]1c1ccc(C)cc1. The molecule has 0 saturated carbocycles. The molecule has 0 amide bonds. The summed E-state index contributed by atoms with van der Waals surface area (Å²) in [5.41, 5.74) is 3.11. The van der Waals surface area contributed by atoms with E-state index in [1.807, 2.05) is 31.2 Å². The van der Waals surface area contributed by atoms with Gasteiger partial charge in [-0.05, 0) is 50.1 Å². The van der Waals surface area contributed by atoms with E-state index in [9.17, 15) is 14.4 Å². The number of carbonyl (C=O) groups is 2. The normalized spacial score (nSPS) is 15.2. The summed E-state index contributed by atoms with van der Waals surface area (Å²) in [5, 5.41) is 0. The highest BCUT2D eigenvalue weighted by Gasteiger charge is 2.33. The molecule has 0 bridgehead atoms. The average molecular weight is 507 g/mol. The van der Waals surface area contributed by atoms with Gasteiger partial charge in [0.1, 0.15) is 0 Å². The van der Waals surface area contributed by atoms with Gasteiger partial charge in [-0.15, -0.1) is 0 Å². The summed E-state index contributed by atoms with van der Waals surface area (Å²) in [6.07, 6.45) is 1.72. The van der Waals surface area contributed by atoms with Crippen molar-refractivity contribution in [2.24, 2.45) is 4.99 Å². The van der Waals surface area contributed by atoms with Gasteiger partial charge in [0.2, 0.25) is 0 Å². The quantitative estimate of drug-likeness (QED) is 0.377. The lowest BCUT2D eigenvalue weighted by atomic mass is 9.95. The molecular weight excluding hydrogens is 480 g/mol.